The number of rotatable bonds is 4. The van der Waals surface area contributed by atoms with Crippen LogP contribution in [0.5, 0.6) is 0 Å². The molecule has 3 heteroatoms. The van der Waals surface area contributed by atoms with Crippen LogP contribution in [0, 0.1) is 83.1 Å². The van der Waals surface area contributed by atoms with E-state index in [1.165, 1.54) is 77.1 Å². The van der Waals surface area contributed by atoms with Crippen LogP contribution in [0.3, 0.4) is 0 Å². The van der Waals surface area contributed by atoms with Gasteiger partial charge in [0.1, 0.15) is 0 Å². The molecule has 203 valence electrons. The van der Waals surface area contributed by atoms with Gasteiger partial charge in [0.25, 0.3) is 0 Å². The Hall–Kier alpha value is -2.07. The van der Waals surface area contributed by atoms with Gasteiger partial charge in [-0.2, -0.15) is 11.1 Å². The molecule has 0 aromatic heterocycles. The molecule has 3 radical (unpaired) electrons. The van der Waals surface area contributed by atoms with Gasteiger partial charge in [-0.15, -0.1) is 0 Å². The van der Waals surface area contributed by atoms with Crippen molar-refractivity contribution in [3.05, 3.63) is 115 Å². The van der Waals surface area contributed by atoms with Gasteiger partial charge >= 0.3 is 123 Å². The van der Waals surface area contributed by atoms with Gasteiger partial charge in [0, 0.05) is 0 Å². The molecule has 0 saturated carbocycles. The molecule has 39 heavy (non-hydrogen) atoms. The maximum absolute atomic E-state index is 6.96. The van der Waals surface area contributed by atoms with Crippen LogP contribution >= 0.6 is 11.1 Å². The molecule has 4 rings (SSSR count). The van der Waals surface area contributed by atoms with Crippen LogP contribution in [0.25, 0.3) is 0 Å². The summed E-state index contributed by atoms with van der Waals surface area (Å²) in [5, 5.41) is 2.72. The number of hydrogen-bond donors (Lipinski definition) is 0. The van der Waals surface area contributed by atoms with Crippen molar-refractivity contribution in [2.75, 3.05) is 0 Å². The molecule has 0 aliphatic heterocycles. The fraction of sp³-hybridized carbons (Fsp3) is 0.333. The number of hydrogen-bond acceptors (Lipinski definition) is 0. The minimum atomic E-state index is -1.23. The summed E-state index contributed by atoms with van der Waals surface area (Å²) in [6.07, 6.45) is 0. The Bertz CT molecular complexity index is 1310. The second-order valence-corrected chi connectivity index (χ2v) is 16.9. The normalized spacial score (nSPS) is 11.0. The van der Waals surface area contributed by atoms with Gasteiger partial charge in [-0.25, -0.2) is 0 Å². The van der Waals surface area contributed by atoms with E-state index in [1.807, 2.05) is 0 Å². The second kappa shape index (κ2) is 13.1. The van der Waals surface area contributed by atoms with Crippen molar-refractivity contribution in [2.24, 2.45) is 0 Å². The van der Waals surface area contributed by atoms with Crippen molar-refractivity contribution in [3.63, 3.8) is 0 Å². The Morgan fingerprint density at radius 3 is 0.821 bits per heavy atom. The zero-order chi connectivity index (χ0) is 29.2. The first-order valence-electron chi connectivity index (χ1n) is 13.8. The third-order valence-corrected chi connectivity index (χ3v) is 15.3. The summed E-state index contributed by atoms with van der Waals surface area (Å²) < 4.78 is 3.22. The van der Waals surface area contributed by atoms with E-state index in [0.29, 0.717) is 0 Å². The third-order valence-electron chi connectivity index (χ3n) is 7.40. The van der Waals surface area contributed by atoms with E-state index in [-0.39, 0.29) is 15.4 Å². The molecule has 0 aliphatic rings. The van der Waals surface area contributed by atoms with Crippen molar-refractivity contribution >= 4 is 53.8 Å². The van der Waals surface area contributed by atoms with E-state index in [1.54, 1.807) is 8.79 Å². The van der Waals surface area contributed by atoms with Crippen LogP contribution < -0.4 is 19.2 Å². The summed E-state index contributed by atoms with van der Waals surface area (Å²) in [6.45, 7) is 26.4. The summed E-state index contributed by atoms with van der Waals surface area (Å²) in [7, 11) is -1.23. The predicted molar refractivity (Wildman–Crippen MR) is 179 cm³/mol. The van der Waals surface area contributed by atoms with E-state index < -0.39 is 8.11 Å². The summed E-state index contributed by atoms with van der Waals surface area (Å²) in [6, 6.07) is 18.3. The Labute approximate surface area is 251 Å². The minimum Gasteiger partial charge on any atom is -0.156 e. The molecule has 0 bridgehead atoms. The van der Waals surface area contributed by atoms with Gasteiger partial charge in [-0.1, -0.05) is 35.4 Å². The molecule has 0 atom stereocenters. The Morgan fingerprint density at radius 2 is 0.590 bits per heavy atom. The van der Waals surface area contributed by atoms with Crippen molar-refractivity contribution in [2.45, 2.75) is 83.1 Å². The Kier molecular flexibility index (Phi) is 10.5. The van der Waals surface area contributed by atoms with E-state index in [2.05, 4.69) is 132 Å². The molecule has 0 amide bonds. The SMILES string of the molecule is Cc1cc(C)[c]([Ge][c]2c(C)cc(C)cc2C)c(C)c1.Cc1cc(C)c([Si](Cl)c2c(C)cc(C)cc2C)c(C)c1. The van der Waals surface area contributed by atoms with Gasteiger partial charge in [0.2, 0.25) is 8.11 Å². The molecule has 0 saturated heterocycles. The van der Waals surface area contributed by atoms with Crippen molar-refractivity contribution < 1.29 is 0 Å². The number of halogens is 1. The first kappa shape index (κ1) is 31.5. The molecule has 0 unspecified atom stereocenters. The summed E-state index contributed by atoms with van der Waals surface area (Å²) in [5.41, 5.74) is 16.6. The van der Waals surface area contributed by atoms with Gasteiger partial charge in [0.05, 0.1) is 0 Å². The topological polar surface area (TPSA) is 0 Å². The van der Waals surface area contributed by atoms with Crippen molar-refractivity contribution in [1.82, 2.24) is 0 Å². The van der Waals surface area contributed by atoms with Crippen molar-refractivity contribution in [1.29, 1.82) is 0 Å². The van der Waals surface area contributed by atoms with Gasteiger partial charge in [0.15, 0.2) is 0 Å². The van der Waals surface area contributed by atoms with Gasteiger partial charge in [-0.3, -0.25) is 0 Å². The van der Waals surface area contributed by atoms with E-state index in [4.69, 9.17) is 11.1 Å². The summed E-state index contributed by atoms with van der Waals surface area (Å²) in [5.74, 6) is 0. The molecule has 0 heterocycles. The predicted octanol–water partition coefficient (Wildman–Crippen LogP) is 7.07. The standard InChI is InChI=1S/C18H22ClSi.C18H22Ge/c1-11-7-13(3)17(14(4)8-11)20(19)18-15(5)9-12(2)10-16(18)6;1-11-7-13(3)17(14(4)8-11)19-18-15(5)9-12(2)10-16(18)6/h7-10H,1-6H3;7-10H,1-6H3. The molecule has 4 aromatic rings. The molecule has 0 spiro atoms. The summed E-state index contributed by atoms with van der Waals surface area (Å²) in [4.78, 5) is 0. The average molecular weight is 613 g/mol. The molecule has 0 nitrogen and oxygen atoms in total. The van der Waals surface area contributed by atoms with E-state index >= 15 is 0 Å². The zero-order valence-electron chi connectivity index (χ0n) is 26.0. The zero-order valence-corrected chi connectivity index (χ0v) is 29.9. The van der Waals surface area contributed by atoms with Crippen molar-refractivity contribution in [3.8, 4) is 0 Å². The first-order chi connectivity index (χ1) is 18.2. The van der Waals surface area contributed by atoms with E-state index in [0.717, 1.165) is 0 Å². The van der Waals surface area contributed by atoms with Crippen LogP contribution in [0.4, 0.5) is 0 Å². The molecule has 0 N–H and O–H groups in total. The van der Waals surface area contributed by atoms with Crippen LogP contribution in [0.1, 0.15) is 66.8 Å². The number of benzene rings is 4. The quantitative estimate of drug-likeness (QED) is 0.171. The maximum Gasteiger partial charge on any atom is 0.235 e. The van der Waals surface area contributed by atoms with Crippen LogP contribution in [0.15, 0.2) is 48.5 Å². The Morgan fingerprint density at radius 1 is 0.385 bits per heavy atom. The molecule has 4 aromatic carbocycles. The number of aryl methyl sites for hydroxylation is 12. The van der Waals surface area contributed by atoms with Crippen LogP contribution in [-0.2, 0) is 0 Å². The monoisotopic (exact) mass is 613 g/mol. The van der Waals surface area contributed by atoms with Gasteiger partial charge < -0.3 is 0 Å². The third kappa shape index (κ3) is 7.57. The van der Waals surface area contributed by atoms with E-state index in [9.17, 15) is 0 Å². The maximum atomic E-state index is 6.96. The second-order valence-electron chi connectivity index (χ2n) is 11.5. The smallest absolute Gasteiger partial charge is 0.156 e. The van der Waals surface area contributed by atoms with Gasteiger partial charge in [-0.05, 0) is 74.2 Å². The minimum absolute atomic E-state index is 0.239. The fourth-order valence-corrected chi connectivity index (χ4v) is 12.6. The largest absolute Gasteiger partial charge is 0.235 e. The molecular weight excluding hydrogens is 569 g/mol. The van der Waals surface area contributed by atoms with Crippen LogP contribution in [0.2, 0.25) is 0 Å². The fourth-order valence-electron chi connectivity index (χ4n) is 6.06. The molecule has 0 fully saturated rings. The molecular formula is C36H44ClGeSi. The van der Waals surface area contributed by atoms with Crippen LogP contribution in [-0.4, -0.2) is 23.5 Å². The Balaban J connectivity index is 0.000000216. The average Bonchev–Trinajstić information content (AvgIpc) is 2.76. The molecule has 0 aliphatic carbocycles. The summed E-state index contributed by atoms with van der Waals surface area (Å²) >= 11 is 6.72. The first-order valence-corrected chi connectivity index (χ1v) is 18.4.